The van der Waals surface area contributed by atoms with Crippen LogP contribution in [0, 0.1) is 5.82 Å². The number of amides is 2. The van der Waals surface area contributed by atoms with Gasteiger partial charge < -0.3 is 19.3 Å². The van der Waals surface area contributed by atoms with E-state index in [0.29, 0.717) is 55.8 Å². The SMILES string of the molecule is CCCN(CC(=O)N(Cc1ccc(F)cc1)C1CCN(C(=O)c2ccc3c(c2)OCO3)CC1)S(=O)(=O)CCC. The number of hydrogen-bond donors (Lipinski definition) is 0. The number of sulfonamides is 1. The molecular weight excluding hydrogens is 525 g/mol. The summed E-state index contributed by atoms with van der Waals surface area (Å²) in [6, 6.07) is 10.9. The second kappa shape index (κ2) is 12.8. The lowest BCUT2D eigenvalue weighted by Crippen LogP contribution is -2.51. The van der Waals surface area contributed by atoms with Crippen molar-refractivity contribution in [1.29, 1.82) is 0 Å². The van der Waals surface area contributed by atoms with Crippen LogP contribution in [0.15, 0.2) is 42.5 Å². The van der Waals surface area contributed by atoms with Crippen LogP contribution < -0.4 is 9.47 Å². The predicted octanol–water partition coefficient (Wildman–Crippen LogP) is 3.64. The number of rotatable bonds is 11. The van der Waals surface area contributed by atoms with Crippen molar-refractivity contribution in [3.8, 4) is 11.5 Å². The minimum absolute atomic E-state index is 0.0153. The molecule has 2 aliphatic rings. The first-order chi connectivity index (χ1) is 18.7. The molecule has 2 heterocycles. The molecule has 4 rings (SSSR count). The van der Waals surface area contributed by atoms with E-state index in [9.17, 15) is 22.4 Å². The molecule has 39 heavy (non-hydrogen) atoms. The van der Waals surface area contributed by atoms with Crippen molar-refractivity contribution in [2.75, 3.05) is 38.7 Å². The zero-order valence-corrected chi connectivity index (χ0v) is 23.3. The predicted molar refractivity (Wildman–Crippen MR) is 144 cm³/mol. The summed E-state index contributed by atoms with van der Waals surface area (Å²) < 4.78 is 51.2. The van der Waals surface area contributed by atoms with E-state index in [1.54, 1.807) is 47.1 Å². The first-order valence-electron chi connectivity index (χ1n) is 13.4. The third-order valence-electron chi connectivity index (χ3n) is 7.04. The van der Waals surface area contributed by atoms with Crippen LogP contribution in [-0.2, 0) is 21.4 Å². The number of hydrogen-bond acceptors (Lipinski definition) is 6. The van der Waals surface area contributed by atoms with Crippen LogP contribution in [-0.4, -0.2) is 79.1 Å². The first-order valence-corrected chi connectivity index (χ1v) is 15.0. The molecule has 0 atom stereocenters. The molecular formula is C28H36FN3O6S. The van der Waals surface area contributed by atoms with Gasteiger partial charge in [-0.2, -0.15) is 4.31 Å². The van der Waals surface area contributed by atoms with E-state index in [0.717, 1.165) is 5.56 Å². The minimum Gasteiger partial charge on any atom is -0.454 e. The number of piperidine rings is 1. The Hall–Kier alpha value is -3.18. The molecule has 0 aliphatic carbocycles. The van der Waals surface area contributed by atoms with E-state index >= 15 is 0 Å². The molecule has 2 aromatic rings. The summed E-state index contributed by atoms with van der Waals surface area (Å²) in [5.74, 6) is 0.348. The average Bonchev–Trinajstić information content (AvgIpc) is 3.40. The number of ether oxygens (including phenoxy) is 2. The van der Waals surface area contributed by atoms with E-state index in [1.165, 1.54) is 16.4 Å². The standard InChI is InChI=1S/C28H36FN3O6S/c1-3-13-31(39(35,36)16-4-2)19-27(33)32(18-21-5-8-23(29)9-6-21)24-11-14-30(15-12-24)28(34)22-7-10-25-26(17-22)38-20-37-25/h5-10,17,24H,3-4,11-16,18-20H2,1-2H3. The number of nitrogens with zero attached hydrogens (tertiary/aromatic N) is 3. The Kier molecular flexibility index (Phi) is 9.45. The fourth-order valence-corrected chi connectivity index (χ4v) is 6.54. The molecule has 212 valence electrons. The van der Waals surface area contributed by atoms with Crippen LogP contribution in [0.3, 0.4) is 0 Å². The van der Waals surface area contributed by atoms with E-state index in [1.807, 2.05) is 6.92 Å². The van der Waals surface area contributed by atoms with Crippen LogP contribution in [0.5, 0.6) is 11.5 Å². The van der Waals surface area contributed by atoms with Crippen molar-refractivity contribution < 1.29 is 31.9 Å². The van der Waals surface area contributed by atoms with Crippen LogP contribution in [0.1, 0.15) is 55.5 Å². The Morgan fingerprint density at radius 2 is 1.69 bits per heavy atom. The Balaban J connectivity index is 1.48. The van der Waals surface area contributed by atoms with Gasteiger partial charge in [0.25, 0.3) is 5.91 Å². The van der Waals surface area contributed by atoms with Crippen molar-refractivity contribution in [1.82, 2.24) is 14.1 Å². The zero-order chi connectivity index (χ0) is 28.0. The maximum absolute atomic E-state index is 13.6. The molecule has 0 N–H and O–H groups in total. The molecule has 0 saturated carbocycles. The highest BCUT2D eigenvalue weighted by molar-refractivity contribution is 7.89. The lowest BCUT2D eigenvalue weighted by Gasteiger charge is -2.39. The number of carbonyl (C=O) groups is 2. The van der Waals surface area contributed by atoms with Gasteiger partial charge in [-0.1, -0.05) is 26.0 Å². The van der Waals surface area contributed by atoms with Crippen LogP contribution in [0.25, 0.3) is 0 Å². The smallest absolute Gasteiger partial charge is 0.253 e. The van der Waals surface area contributed by atoms with Crippen molar-refractivity contribution >= 4 is 21.8 Å². The van der Waals surface area contributed by atoms with Crippen LogP contribution in [0.2, 0.25) is 0 Å². The van der Waals surface area contributed by atoms with Gasteiger partial charge in [-0.25, -0.2) is 12.8 Å². The Labute approximate surface area is 229 Å². The second-order valence-electron chi connectivity index (χ2n) is 9.89. The number of carbonyl (C=O) groups excluding carboxylic acids is 2. The summed E-state index contributed by atoms with van der Waals surface area (Å²) in [6.07, 6.45) is 2.14. The fourth-order valence-electron chi connectivity index (χ4n) is 4.99. The zero-order valence-electron chi connectivity index (χ0n) is 22.5. The molecule has 0 bridgehead atoms. The topological polar surface area (TPSA) is 96.5 Å². The van der Waals surface area contributed by atoms with E-state index < -0.39 is 10.0 Å². The summed E-state index contributed by atoms with van der Waals surface area (Å²) in [4.78, 5) is 30.2. The fraction of sp³-hybridized carbons (Fsp3) is 0.500. The van der Waals surface area contributed by atoms with Gasteiger partial charge in [-0.3, -0.25) is 9.59 Å². The summed E-state index contributed by atoms with van der Waals surface area (Å²) in [7, 11) is -3.56. The lowest BCUT2D eigenvalue weighted by molar-refractivity contribution is -0.135. The highest BCUT2D eigenvalue weighted by Crippen LogP contribution is 2.33. The van der Waals surface area contributed by atoms with Gasteiger partial charge >= 0.3 is 0 Å². The first kappa shape index (κ1) is 28.8. The Morgan fingerprint density at radius 1 is 1.00 bits per heavy atom. The molecule has 2 aliphatic heterocycles. The maximum atomic E-state index is 13.6. The lowest BCUT2D eigenvalue weighted by atomic mass is 10.0. The highest BCUT2D eigenvalue weighted by atomic mass is 32.2. The Bertz CT molecular complexity index is 1260. The van der Waals surface area contributed by atoms with Gasteiger partial charge in [0.2, 0.25) is 22.7 Å². The third-order valence-corrected chi connectivity index (χ3v) is 9.06. The molecule has 2 aromatic carbocycles. The normalized spacial score (nSPS) is 15.5. The summed E-state index contributed by atoms with van der Waals surface area (Å²) in [6.45, 7) is 4.94. The van der Waals surface area contributed by atoms with Gasteiger partial charge in [-0.15, -0.1) is 0 Å². The van der Waals surface area contributed by atoms with Gasteiger partial charge in [0.1, 0.15) is 5.82 Å². The van der Waals surface area contributed by atoms with Gasteiger partial charge in [0.05, 0.1) is 12.3 Å². The molecule has 0 spiro atoms. The summed E-state index contributed by atoms with van der Waals surface area (Å²) in [5.41, 5.74) is 1.26. The second-order valence-corrected chi connectivity index (χ2v) is 12.0. The van der Waals surface area contributed by atoms with E-state index in [4.69, 9.17) is 9.47 Å². The monoisotopic (exact) mass is 561 g/mol. The van der Waals surface area contributed by atoms with Crippen molar-refractivity contribution in [2.45, 2.75) is 52.1 Å². The highest BCUT2D eigenvalue weighted by Gasteiger charge is 2.33. The number of likely N-dealkylation sites (tertiary alicyclic amines) is 1. The van der Waals surface area contributed by atoms with Crippen LogP contribution in [0.4, 0.5) is 4.39 Å². The van der Waals surface area contributed by atoms with Crippen molar-refractivity contribution in [3.05, 3.63) is 59.4 Å². The van der Waals surface area contributed by atoms with E-state index in [-0.39, 0.29) is 55.9 Å². The number of benzene rings is 2. The average molecular weight is 562 g/mol. The molecule has 9 nitrogen and oxygen atoms in total. The van der Waals surface area contributed by atoms with Gasteiger partial charge in [0, 0.05) is 37.8 Å². The van der Waals surface area contributed by atoms with Crippen LogP contribution >= 0.6 is 0 Å². The summed E-state index contributed by atoms with van der Waals surface area (Å²) >= 11 is 0. The van der Waals surface area contributed by atoms with E-state index in [2.05, 4.69) is 0 Å². The van der Waals surface area contributed by atoms with Crippen molar-refractivity contribution in [3.63, 3.8) is 0 Å². The molecule has 11 heteroatoms. The third kappa shape index (κ3) is 7.07. The molecule has 0 unspecified atom stereocenters. The quantitative estimate of drug-likeness (QED) is 0.416. The molecule has 1 fully saturated rings. The molecule has 0 radical (unpaired) electrons. The molecule has 0 aromatic heterocycles. The summed E-state index contributed by atoms with van der Waals surface area (Å²) in [5, 5.41) is 0. The molecule has 2 amide bonds. The van der Waals surface area contributed by atoms with Gasteiger partial charge in [0.15, 0.2) is 11.5 Å². The number of halogens is 1. The van der Waals surface area contributed by atoms with Gasteiger partial charge in [-0.05, 0) is 61.6 Å². The largest absolute Gasteiger partial charge is 0.454 e. The van der Waals surface area contributed by atoms with Crippen molar-refractivity contribution in [2.24, 2.45) is 0 Å². The number of fused-ring (bicyclic) bond motifs is 1. The Morgan fingerprint density at radius 3 is 2.36 bits per heavy atom. The maximum Gasteiger partial charge on any atom is 0.253 e. The molecule has 1 saturated heterocycles. The minimum atomic E-state index is -3.56.